The number of amides is 3. The Morgan fingerprint density at radius 2 is 1.73 bits per heavy atom. The number of hydrogen-bond donors (Lipinski definition) is 3. The van der Waals surface area contributed by atoms with E-state index in [1.54, 1.807) is 0 Å². The molecule has 160 valence electrons. The monoisotopic (exact) mass is 429 g/mol. The fourth-order valence-electron chi connectivity index (χ4n) is 3.14. The third-order valence-corrected chi connectivity index (χ3v) is 4.60. The van der Waals surface area contributed by atoms with E-state index in [9.17, 15) is 31.5 Å². The number of anilines is 1. The Labute approximate surface area is 167 Å². The smallest absolute Gasteiger partial charge is 0.416 e. The van der Waals surface area contributed by atoms with E-state index in [1.807, 2.05) is 0 Å². The zero-order chi connectivity index (χ0) is 22.1. The summed E-state index contributed by atoms with van der Waals surface area (Å²) < 4.78 is 71.4. The number of carbonyl (C=O) groups excluding carboxylic acids is 2. The largest absolute Gasteiger partial charge is 0.497 e. The van der Waals surface area contributed by atoms with Gasteiger partial charge in [0.15, 0.2) is 0 Å². The van der Waals surface area contributed by atoms with Gasteiger partial charge in [0.1, 0.15) is 23.4 Å². The first-order valence-electron chi connectivity index (χ1n) is 8.65. The molecule has 1 heterocycles. The minimum Gasteiger partial charge on any atom is -0.497 e. The molecular weight excluding hydrogens is 413 g/mol. The van der Waals surface area contributed by atoms with Crippen molar-refractivity contribution in [1.82, 2.24) is 10.6 Å². The lowest BCUT2D eigenvalue weighted by molar-refractivity contribution is -0.137. The van der Waals surface area contributed by atoms with Gasteiger partial charge in [0.05, 0.1) is 12.7 Å². The number of urea groups is 1. The summed E-state index contributed by atoms with van der Waals surface area (Å²) in [6.45, 7) is -0.121. The lowest BCUT2D eigenvalue weighted by atomic mass is 9.93. The highest BCUT2D eigenvalue weighted by Gasteiger charge is 2.40. The van der Waals surface area contributed by atoms with Gasteiger partial charge in [-0.1, -0.05) is 0 Å². The average Bonchev–Trinajstić information content (AvgIpc) is 3.01. The van der Waals surface area contributed by atoms with Crippen molar-refractivity contribution in [2.24, 2.45) is 0 Å². The summed E-state index contributed by atoms with van der Waals surface area (Å²) >= 11 is 0. The van der Waals surface area contributed by atoms with E-state index in [0.29, 0.717) is 0 Å². The van der Waals surface area contributed by atoms with Crippen LogP contribution in [0.4, 0.5) is 32.4 Å². The molecule has 0 aliphatic carbocycles. The van der Waals surface area contributed by atoms with Crippen LogP contribution in [0, 0.1) is 11.6 Å². The summed E-state index contributed by atoms with van der Waals surface area (Å²) in [6.07, 6.45) is -4.53. The lowest BCUT2D eigenvalue weighted by Crippen LogP contribution is -2.45. The van der Waals surface area contributed by atoms with Gasteiger partial charge in [0.2, 0.25) is 5.91 Å². The number of methoxy groups -OCH3 is 1. The fourth-order valence-corrected chi connectivity index (χ4v) is 3.14. The molecule has 2 aromatic rings. The van der Waals surface area contributed by atoms with E-state index >= 15 is 0 Å². The van der Waals surface area contributed by atoms with Gasteiger partial charge >= 0.3 is 12.2 Å². The van der Waals surface area contributed by atoms with Crippen LogP contribution < -0.4 is 20.7 Å². The molecule has 11 heteroatoms. The van der Waals surface area contributed by atoms with Crippen LogP contribution in [-0.4, -0.2) is 31.6 Å². The molecule has 1 aliphatic rings. The van der Waals surface area contributed by atoms with Crippen LogP contribution in [0.2, 0.25) is 0 Å². The third kappa shape index (κ3) is 4.44. The van der Waals surface area contributed by atoms with E-state index in [0.717, 1.165) is 36.4 Å². The fraction of sp³-hybridized carbons (Fsp3) is 0.263. The molecule has 3 amide bonds. The van der Waals surface area contributed by atoms with Crippen molar-refractivity contribution in [3.8, 4) is 5.75 Å². The second-order valence-corrected chi connectivity index (χ2v) is 6.51. The van der Waals surface area contributed by atoms with Gasteiger partial charge in [-0.25, -0.2) is 13.6 Å². The summed E-state index contributed by atoms with van der Waals surface area (Å²) in [6, 6.07) is 3.34. The van der Waals surface area contributed by atoms with Crippen LogP contribution in [-0.2, 0) is 11.0 Å². The summed E-state index contributed by atoms with van der Waals surface area (Å²) in [5.74, 6) is -3.62. The van der Waals surface area contributed by atoms with Crippen molar-refractivity contribution in [2.45, 2.75) is 18.1 Å². The van der Waals surface area contributed by atoms with Gasteiger partial charge in [0, 0.05) is 35.8 Å². The molecule has 0 saturated carbocycles. The Morgan fingerprint density at radius 1 is 1.13 bits per heavy atom. The minimum absolute atomic E-state index is 0.0391. The molecule has 2 aromatic carbocycles. The maximum Gasteiger partial charge on any atom is 0.416 e. The maximum atomic E-state index is 14.4. The summed E-state index contributed by atoms with van der Waals surface area (Å²) in [7, 11) is 1.24. The number of alkyl halides is 3. The molecule has 1 aliphatic heterocycles. The van der Waals surface area contributed by atoms with Crippen molar-refractivity contribution in [2.75, 3.05) is 19.0 Å². The summed E-state index contributed by atoms with van der Waals surface area (Å²) in [5, 5.41) is 7.01. The number of ether oxygens (including phenoxy) is 1. The van der Waals surface area contributed by atoms with Gasteiger partial charge in [-0.15, -0.1) is 0 Å². The predicted octanol–water partition coefficient (Wildman–Crippen LogP) is 3.40. The molecule has 3 rings (SSSR count). The molecule has 0 unspecified atom stereocenters. The molecule has 0 spiro atoms. The second kappa shape index (κ2) is 8.17. The number of halogens is 5. The van der Waals surface area contributed by atoms with E-state index in [1.165, 1.54) is 7.11 Å². The number of rotatable bonds is 4. The van der Waals surface area contributed by atoms with Gasteiger partial charge in [-0.2, -0.15) is 13.2 Å². The van der Waals surface area contributed by atoms with Crippen LogP contribution in [0.3, 0.4) is 0 Å². The Bertz CT molecular complexity index is 940. The number of benzene rings is 2. The number of hydrogen-bond acceptors (Lipinski definition) is 3. The van der Waals surface area contributed by atoms with Crippen LogP contribution in [0.25, 0.3) is 0 Å². The molecule has 1 saturated heterocycles. The van der Waals surface area contributed by atoms with Crippen molar-refractivity contribution >= 4 is 17.6 Å². The quantitative estimate of drug-likeness (QED) is 0.652. The molecular formula is C19H16F5N3O3. The van der Waals surface area contributed by atoms with E-state index in [2.05, 4.69) is 16.0 Å². The normalized spacial score (nSPS) is 18.7. The zero-order valence-electron chi connectivity index (χ0n) is 15.4. The molecule has 1 fully saturated rings. The van der Waals surface area contributed by atoms with Crippen molar-refractivity contribution < 1.29 is 36.3 Å². The van der Waals surface area contributed by atoms with Gasteiger partial charge < -0.3 is 20.7 Å². The topological polar surface area (TPSA) is 79.5 Å². The number of carbonyl (C=O) groups is 2. The van der Waals surface area contributed by atoms with Crippen LogP contribution in [0.5, 0.6) is 5.75 Å². The van der Waals surface area contributed by atoms with E-state index < -0.39 is 52.8 Å². The Balaban J connectivity index is 1.75. The van der Waals surface area contributed by atoms with Crippen molar-refractivity contribution in [3.63, 3.8) is 0 Å². The SMILES string of the molecule is COc1cc(F)c([C@@H]2CNC(=O)[C@H]2NC(=O)Nc2ccc(C(F)(F)F)cc2)c(F)c1. The Morgan fingerprint density at radius 3 is 2.27 bits per heavy atom. The lowest BCUT2D eigenvalue weighted by Gasteiger charge is -2.20. The van der Waals surface area contributed by atoms with Gasteiger partial charge in [-0.05, 0) is 24.3 Å². The van der Waals surface area contributed by atoms with Crippen LogP contribution >= 0.6 is 0 Å². The molecule has 30 heavy (non-hydrogen) atoms. The van der Waals surface area contributed by atoms with Crippen LogP contribution in [0.15, 0.2) is 36.4 Å². The van der Waals surface area contributed by atoms with Gasteiger partial charge in [0.25, 0.3) is 0 Å². The highest BCUT2D eigenvalue weighted by atomic mass is 19.4. The first-order chi connectivity index (χ1) is 14.1. The third-order valence-electron chi connectivity index (χ3n) is 4.60. The Kier molecular flexibility index (Phi) is 5.81. The molecule has 0 radical (unpaired) electrons. The average molecular weight is 429 g/mol. The molecule has 0 bridgehead atoms. The molecule has 0 aromatic heterocycles. The van der Waals surface area contributed by atoms with Crippen molar-refractivity contribution in [3.05, 3.63) is 59.2 Å². The Hall–Kier alpha value is -3.37. The molecule has 3 N–H and O–H groups in total. The highest BCUT2D eigenvalue weighted by molar-refractivity contribution is 5.95. The van der Waals surface area contributed by atoms with Crippen LogP contribution in [0.1, 0.15) is 17.0 Å². The molecule has 6 nitrogen and oxygen atoms in total. The number of nitrogens with one attached hydrogen (secondary N) is 3. The minimum atomic E-state index is -4.53. The standard InChI is InChI=1S/C19H16F5N3O3/c1-30-11-6-13(20)15(14(21)7-11)12-8-25-17(28)16(12)27-18(29)26-10-4-2-9(3-5-10)19(22,23)24/h2-7,12,16H,8H2,1H3,(H,25,28)(H2,26,27,29)/t12-,16-/m0/s1. The second-order valence-electron chi connectivity index (χ2n) is 6.51. The summed E-state index contributed by atoms with van der Waals surface area (Å²) in [5.41, 5.74) is -1.25. The van der Waals surface area contributed by atoms with E-state index in [-0.39, 0.29) is 18.0 Å². The molecule has 2 atom stereocenters. The predicted molar refractivity (Wildman–Crippen MR) is 96.0 cm³/mol. The first kappa shape index (κ1) is 21.3. The highest BCUT2D eigenvalue weighted by Crippen LogP contribution is 2.32. The zero-order valence-corrected chi connectivity index (χ0v) is 15.4. The summed E-state index contributed by atoms with van der Waals surface area (Å²) in [4.78, 5) is 24.3. The van der Waals surface area contributed by atoms with E-state index in [4.69, 9.17) is 4.74 Å². The van der Waals surface area contributed by atoms with Crippen molar-refractivity contribution in [1.29, 1.82) is 0 Å². The van der Waals surface area contributed by atoms with Gasteiger partial charge in [-0.3, -0.25) is 4.79 Å². The first-order valence-corrected chi connectivity index (χ1v) is 8.65. The maximum absolute atomic E-state index is 14.4.